The third kappa shape index (κ3) is 4.88. The van der Waals surface area contributed by atoms with Crippen LogP contribution in [-0.2, 0) is 11.2 Å². The van der Waals surface area contributed by atoms with Gasteiger partial charge in [-0.25, -0.2) is 0 Å². The number of carbonyl (C=O) groups is 1. The van der Waals surface area contributed by atoms with Gasteiger partial charge in [-0.05, 0) is 55.7 Å². The number of nitrogens with one attached hydrogen (secondary N) is 1. The molecule has 2 aliphatic rings. The molecule has 3 nitrogen and oxygen atoms in total. The zero-order valence-electron chi connectivity index (χ0n) is 13.5. The summed E-state index contributed by atoms with van der Waals surface area (Å²) < 4.78 is 0. The Bertz CT molecular complexity index is 526. The van der Waals surface area contributed by atoms with Crippen molar-refractivity contribution in [3.05, 3.63) is 34.9 Å². The average Bonchev–Trinajstić information content (AvgIpc) is 3.10. The molecule has 1 atom stereocenters. The Kier molecular flexibility index (Phi) is 6.26. The highest BCUT2D eigenvalue weighted by Crippen LogP contribution is 2.26. The maximum Gasteiger partial charge on any atom is 0.224 e. The van der Waals surface area contributed by atoms with Crippen LogP contribution in [0.4, 0.5) is 0 Å². The number of carbonyl (C=O) groups excluding carboxylic acids is 1. The molecular weight excluding hydrogens is 328 g/mol. The van der Waals surface area contributed by atoms with Gasteiger partial charge in [0.25, 0.3) is 0 Å². The van der Waals surface area contributed by atoms with E-state index in [2.05, 4.69) is 22.0 Å². The largest absolute Gasteiger partial charge is 0.356 e. The van der Waals surface area contributed by atoms with E-state index in [1.54, 1.807) is 0 Å². The molecule has 1 N–H and O–H groups in total. The molecule has 0 saturated carbocycles. The molecule has 0 radical (unpaired) electrons. The molecule has 5 heteroatoms. The number of hydrogen-bond donors (Lipinski definition) is 1. The molecule has 23 heavy (non-hydrogen) atoms. The van der Waals surface area contributed by atoms with Gasteiger partial charge in [0.1, 0.15) is 0 Å². The van der Waals surface area contributed by atoms with Crippen molar-refractivity contribution in [2.75, 3.05) is 31.1 Å². The van der Waals surface area contributed by atoms with Crippen LogP contribution < -0.4 is 5.32 Å². The van der Waals surface area contributed by atoms with E-state index in [4.69, 9.17) is 11.6 Å². The number of nitrogens with zero attached hydrogens (tertiary/aromatic N) is 1. The van der Waals surface area contributed by atoms with E-state index in [1.807, 2.05) is 24.3 Å². The van der Waals surface area contributed by atoms with Gasteiger partial charge in [-0.15, -0.1) is 0 Å². The monoisotopic (exact) mass is 352 g/mol. The van der Waals surface area contributed by atoms with Gasteiger partial charge in [0.05, 0.1) is 6.42 Å². The summed E-state index contributed by atoms with van der Waals surface area (Å²) in [5.74, 6) is 3.32. The van der Waals surface area contributed by atoms with Crippen LogP contribution in [0.3, 0.4) is 0 Å². The maximum atomic E-state index is 12.1. The first kappa shape index (κ1) is 17.1. The van der Waals surface area contributed by atoms with Gasteiger partial charge in [0.2, 0.25) is 5.91 Å². The molecule has 0 bridgehead atoms. The van der Waals surface area contributed by atoms with E-state index in [9.17, 15) is 4.79 Å². The normalized spacial score (nSPS) is 23.1. The maximum absolute atomic E-state index is 12.1. The highest BCUT2D eigenvalue weighted by atomic mass is 35.5. The van der Waals surface area contributed by atoms with Crippen LogP contribution in [0.15, 0.2) is 24.3 Å². The Morgan fingerprint density at radius 2 is 2.04 bits per heavy atom. The number of rotatable bonds is 5. The van der Waals surface area contributed by atoms with Crippen LogP contribution in [0.5, 0.6) is 0 Å². The minimum absolute atomic E-state index is 0.0766. The molecule has 0 aliphatic carbocycles. The zero-order chi connectivity index (χ0) is 16.1. The fourth-order valence-corrected chi connectivity index (χ4v) is 4.93. The summed E-state index contributed by atoms with van der Waals surface area (Å²) in [7, 11) is 0. The van der Waals surface area contributed by atoms with Crippen LogP contribution in [0.25, 0.3) is 0 Å². The van der Waals surface area contributed by atoms with Gasteiger partial charge >= 0.3 is 0 Å². The number of benzene rings is 1. The van der Waals surface area contributed by atoms with Crippen molar-refractivity contribution in [2.24, 2.45) is 5.92 Å². The second-order valence-corrected chi connectivity index (χ2v) is 8.13. The first-order chi connectivity index (χ1) is 11.2. The van der Waals surface area contributed by atoms with E-state index in [0.29, 0.717) is 17.4 Å². The number of likely N-dealkylation sites (tertiary alicyclic amines) is 1. The van der Waals surface area contributed by atoms with Crippen molar-refractivity contribution >= 4 is 29.3 Å². The van der Waals surface area contributed by atoms with Crippen molar-refractivity contribution in [3.63, 3.8) is 0 Å². The van der Waals surface area contributed by atoms with Crippen LogP contribution in [0.2, 0.25) is 5.02 Å². The van der Waals surface area contributed by atoms with Gasteiger partial charge in [0.15, 0.2) is 0 Å². The van der Waals surface area contributed by atoms with Gasteiger partial charge in [-0.3, -0.25) is 9.69 Å². The van der Waals surface area contributed by atoms with E-state index in [1.165, 1.54) is 43.9 Å². The van der Waals surface area contributed by atoms with Crippen molar-refractivity contribution in [3.8, 4) is 0 Å². The molecule has 0 unspecified atom stereocenters. The Balaban J connectivity index is 1.38. The molecule has 1 aromatic rings. The predicted molar refractivity (Wildman–Crippen MR) is 98.2 cm³/mol. The van der Waals surface area contributed by atoms with E-state index < -0.39 is 0 Å². The van der Waals surface area contributed by atoms with Gasteiger partial charge in [-0.2, -0.15) is 11.8 Å². The topological polar surface area (TPSA) is 32.3 Å². The van der Waals surface area contributed by atoms with Crippen LogP contribution in [-0.4, -0.2) is 48.0 Å². The fourth-order valence-electron chi connectivity index (χ4n) is 3.47. The van der Waals surface area contributed by atoms with Crippen LogP contribution >= 0.6 is 23.4 Å². The standard InChI is InChI=1S/C18H25ClN2OS/c19-17-4-2-1-3-15(17)11-18(22)20-12-14-5-8-21(9-6-14)16-7-10-23-13-16/h1-4,14,16H,5-13H2,(H,20,22)/t16-/m0/s1. The molecule has 2 heterocycles. The molecule has 126 valence electrons. The third-order valence-corrected chi connectivity index (χ3v) is 6.48. The summed E-state index contributed by atoms with van der Waals surface area (Å²) in [5.41, 5.74) is 0.903. The van der Waals surface area contributed by atoms with E-state index in [-0.39, 0.29) is 5.91 Å². The minimum atomic E-state index is 0.0766. The molecule has 0 aromatic heterocycles. The molecular formula is C18H25ClN2OS. The summed E-state index contributed by atoms with van der Waals surface area (Å²) in [4.78, 5) is 14.8. The number of thioether (sulfide) groups is 1. The second kappa shape index (κ2) is 8.41. The first-order valence-electron chi connectivity index (χ1n) is 8.54. The molecule has 2 saturated heterocycles. The lowest BCUT2D eigenvalue weighted by Crippen LogP contribution is -2.43. The Hall–Kier alpha value is -0.710. The lowest BCUT2D eigenvalue weighted by atomic mass is 9.95. The molecule has 0 spiro atoms. The lowest BCUT2D eigenvalue weighted by molar-refractivity contribution is -0.120. The van der Waals surface area contributed by atoms with Crippen LogP contribution in [0.1, 0.15) is 24.8 Å². The molecule has 2 aliphatic heterocycles. The summed E-state index contributed by atoms with van der Waals surface area (Å²) in [6, 6.07) is 8.36. The van der Waals surface area contributed by atoms with Crippen molar-refractivity contribution in [1.29, 1.82) is 0 Å². The number of piperidine rings is 1. The highest BCUT2D eigenvalue weighted by molar-refractivity contribution is 7.99. The molecule has 2 fully saturated rings. The summed E-state index contributed by atoms with van der Waals surface area (Å²) in [6.45, 7) is 3.18. The van der Waals surface area contributed by atoms with E-state index in [0.717, 1.165) is 18.2 Å². The number of amides is 1. The van der Waals surface area contributed by atoms with Gasteiger partial charge in [0, 0.05) is 23.4 Å². The Labute approximate surface area is 148 Å². The summed E-state index contributed by atoms with van der Waals surface area (Å²) >= 11 is 8.19. The molecule has 1 aromatic carbocycles. The number of halogens is 1. The van der Waals surface area contributed by atoms with Crippen molar-refractivity contribution < 1.29 is 4.79 Å². The smallest absolute Gasteiger partial charge is 0.224 e. The van der Waals surface area contributed by atoms with Crippen molar-refractivity contribution in [1.82, 2.24) is 10.2 Å². The second-order valence-electron chi connectivity index (χ2n) is 6.57. The minimum Gasteiger partial charge on any atom is -0.356 e. The third-order valence-electron chi connectivity index (χ3n) is 4.97. The highest BCUT2D eigenvalue weighted by Gasteiger charge is 2.27. The summed E-state index contributed by atoms with van der Waals surface area (Å²) in [5, 5.41) is 3.76. The van der Waals surface area contributed by atoms with Crippen LogP contribution in [0, 0.1) is 5.92 Å². The SMILES string of the molecule is O=C(Cc1ccccc1Cl)NCC1CCN([C@H]2CCSC2)CC1. The van der Waals surface area contributed by atoms with Crippen molar-refractivity contribution in [2.45, 2.75) is 31.7 Å². The predicted octanol–water partition coefficient (Wildman–Crippen LogP) is 3.22. The van der Waals surface area contributed by atoms with E-state index >= 15 is 0 Å². The quantitative estimate of drug-likeness (QED) is 0.883. The van der Waals surface area contributed by atoms with Gasteiger partial charge < -0.3 is 5.32 Å². The number of hydrogen-bond acceptors (Lipinski definition) is 3. The van der Waals surface area contributed by atoms with Gasteiger partial charge in [-0.1, -0.05) is 29.8 Å². The first-order valence-corrected chi connectivity index (χ1v) is 10.1. The molecule has 3 rings (SSSR count). The summed E-state index contributed by atoms with van der Waals surface area (Å²) in [6.07, 6.45) is 4.13. The average molecular weight is 353 g/mol. The Morgan fingerprint density at radius 3 is 2.74 bits per heavy atom. The fraction of sp³-hybridized carbons (Fsp3) is 0.611. The Morgan fingerprint density at radius 1 is 1.26 bits per heavy atom. The molecule has 1 amide bonds. The zero-order valence-corrected chi connectivity index (χ0v) is 15.0. The lowest BCUT2D eigenvalue weighted by Gasteiger charge is -2.35.